The summed E-state index contributed by atoms with van der Waals surface area (Å²) in [6, 6.07) is 21.3. The molecule has 2 aromatic rings. The van der Waals surface area contributed by atoms with Crippen LogP contribution in [-0.4, -0.2) is 47.3 Å². The Bertz CT molecular complexity index is 1030. The van der Waals surface area contributed by atoms with Crippen molar-refractivity contribution in [3.63, 3.8) is 0 Å². The van der Waals surface area contributed by atoms with Gasteiger partial charge in [0, 0.05) is 12.5 Å². The van der Waals surface area contributed by atoms with E-state index in [1.165, 1.54) is 10.4 Å². The predicted octanol–water partition coefficient (Wildman–Crippen LogP) is 7.47. The lowest BCUT2D eigenvalue weighted by molar-refractivity contribution is -0.145. The van der Waals surface area contributed by atoms with Gasteiger partial charge in [-0.1, -0.05) is 125 Å². The number of halogens is 1. The van der Waals surface area contributed by atoms with Crippen LogP contribution in [0.4, 0.5) is 0 Å². The molecule has 0 amide bonds. The molecule has 4 nitrogen and oxygen atoms in total. The summed E-state index contributed by atoms with van der Waals surface area (Å²) in [5.74, 6) is -0.277. The van der Waals surface area contributed by atoms with Gasteiger partial charge in [-0.3, -0.25) is 4.79 Å². The first-order chi connectivity index (χ1) is 18.0. The molecule has 0 spiro atoms. The molecule has 0 saturated carbocycles. The van der Waals surface area contributed by atoms with Crippen LogP contribution < -0.4 is 10.4 Å². The Morgan fingerprint density at radius 2 is 1.36 bits per heavy atom. The number of esters is 1. The van der Waals surface area contributed by atoms with E-state index in [-0.39, 0.29) is 27.3 Å². The van der Waals surface area contributed by atoms with Gasteiger partial charge in [0.05, 0.1) is 6.61 Å². The van der Waals surface area contributed by atoms with Crippen molar-refractivity contribution in [1.29, 1.82) is 0 Å². The molecule has 2 rings (SSSR count). The van der Waals surface area contributed by atoms with E-state index in [0.717, 1.165) is 5.57 Å². The Hall–Kier alpha value is -1.52. The number of benzene rings is 2. The second-order valence-corrected chi connectivity index (χ2v) is 22.8. The summed E-state index contributed by atoms with van der Waals surface area (Å²) < 4.78 is 19.5. The number of hydrogen-bond acceptors (Lipinski definition) is 4. The van der Waals surface area contributed by atoms with Crippen LogP contribution in [0.15, 0.2) is 72.3 Å². The maximum atomic E-state index is 12.3. The van der Waals surface area contributed by atoms with E-state index in [1.54, 1.807) is 0 Å². The highest BCUT2D eigenvalue weighted by atomic mass is 79.9. The highest BCUT2D eigenvalue weighted by Crippen LogP contribution is 2.38. The van der Waals surface area contributed by atoms with Crippen molar-refractivity contribution in [2.24, 2.45) is 5.92 Å². The largest absolute Gasteiger partial charge is 0.457 e. The molecule has 0 unspecified atom stereocenters. The molecule has 216 valence electrons. The van der Waals surface area contributed by atoms with E-state index in [2.05, 4.69) is 151 Å². The normalized spacial score (nSPS) is 15.1. The van der Waals surface area contributed by atoms with E-state index in [0.29, 0.717) is 13.2 Å². The average molecular weight is 634 g/mol. The van der Waals surface area contributed by atoms with Crippen LogP contribution in [0.25, 0.3) is 0 Å². The van der Waals surface area contributed by atoms with Gasteiger partial charge in [0.2, 0.25) is 0 Å². The monoisotopic (exact) mass is 632 g/mol. The first-order valence-corrected chi connectivity index (χ1v) is 19.8. The topological polar surface area (TPSA) is 44.8 Å². The zero-order valence-corrected chi connectivity index (χ0v) is 29.2. The van der Waals surface area contributed by atoms with E-state index in [1.807, 2.05) is 0 Å². The third kappa shape index (κ3) is 8.73. The first-order valence-electron chi connectivity index (χ1n) is 13.9. The fourth-order valence-corrected chi connectivity index (χ4v) is 10.3. The molecule has 0 aliphatic heterocycles. The summed E-state index contributed by atoms with van der Waals surface area (Å²) in [5, 5.41) is 2.65. The van der Waals surface area contributed by atoms with Gasteiger partial charge in [0.25, 0.3) is 8.32 Å². The van der Waals surface area contributed by atoms with Crippen LogP contribution in [0.3, 0.4) is 0 Å². The summed E-state index contributed by atoms with van der Waals surface area (Å²) in [6.45, 7) is 23.2. The highest BCUT2D eigenvalue weighted by molar-refractivity contribution is 9.09. The number of hydrogen-bond donors (Lipinski definition) is 0. The van der Waals surface area contributed by atoms with Crippen molar-refractivity contribution in [3.8, 4) is 0 Å². The smallest absolute Gasteiger partial charge is 0.317 e. The fourth-order valence-electron chi connectivity index (χ4n) is 4.46. The SMILES string of the molecule is C/C(=C\[C@@H](OC(=O)CBr)[C@H](C)CO[Si](C)(C)C(C)(C)C)CO[Si](c1ccccc1)(c1ccccc1)C(C)(C)C. The van der Waals surface area contributed by atoms with Gasteiger partial charge in [-0.05, 0) is 52.1 Å². The van der Waals surface area contributed by atoms with Crippen LogP contribution in [0, 0.1) is 5.92 Å². The summed E-state index contributed by atoms with van der Waals surface area (Å²) >= 11 is 3.25. The van der Waals surface area contributed by atoms with Gasteiger partial charge < -0.3 is 13.6 Å². The molecule has 0 fully saturated rings. The molecule has 0 heterocycles. The van der Waals surface area contributed by atoms with Gasteiger partial charge in [-0.25, -0.2) is 0 Å². The molecule has 0 bridgehead atoms. The minimum absolute atomic E-state index is 0.00457. The van der Waals surface area contributed by atoms with Gasteiger partial charge in [-0.15, -0.1) is 0 Å². The van der Waals surface area contributed by atoms with Crippen LogP contribution in [-0.2, 0) is 18.4 Å². The minimum Gasteiger partial charge on any atom is -0.457 e. The number of carbonyl (C=O) groups excluding carboxylic acids is 1. The maximum absolute atomic E-state index is 12.3. The van der Waals surface area contributed by atoms with Gasteiger partial charge in [0.1, 0.15) is 11.4 Å². The Morgan fingerprint density at radius 1 is 0.872 bits per heavy atom. The van der Waals surface area contributed by atoms with Gasteiger partial charge in [0.15, 0.2) is 8.32 Å². The van der Waals surface area contributed by atoms with Gasteiger partial charge in [-0.2, -0.15) is 0 Å². The second kappa shape index (κ2) is 13.9. The Labute approximate surface area is 247 Å². The van der Waals surface area contributed by atoms with Crippen molar-refractivity contribution in [3.05, 3.63) is 72.3 Å². The number of ether oxygens (including phenoxy) is 1. The molecule has 0 radical (unpaired) electrons. The molecule has 39 heavy (non-hydrogen) atoms. The van der Waals surface area contributed by atoms with E-state index in [4.69, 9.17) is 13.6 Å². The summed E-state index contributed by atoms with van der Waals surface area (Å²) in [5.41, 5.74) is 1.04. The van der Waals surface area contributed by atoms with Crippen molar-refractivity contribution in [1.82, 2.24) is 0 Å². The molecule has 0 N–H and O–H groups in total. The molecule has 0 saturated heterocycles. The predicted molar refractivity (Wildman–Crippen MR) is 173 cm³/mol. The average Bonchev–Trinajstić information content (AvgIpc) is 2.87. The quantitative estimate of drug-likeness (QED) is 0.105. The fraction of sp³-hybridized carbons (Fsp3) is 0.531. The van der Waals surface area contributed by atoms with Crippen LogP contribution in [0.1, 0.15) is 55.4 Å². The Balaban J connectivity index is 2.39. The zero-order valence-electron chi connectivity index (χ0n) is 25.6. The van der Waals surface area contributed by atoms with Crippen LogP contribution in [0.5, 0.6) is 0 Å². The molecule has 0 aromatic heterocycles. The van der Waals surface area contributed by atoms with Crippen LogP contribution >= 0.6 is 15.9 Å². The second-order valence-electron chi connectivity index (χ2n) is 13.1. The number of carbonyl (C=O) groups is 1. The number of rotatable bonds is 12. The molecule has 2 aromatic carbocycles. The molecular formula is C32H49BrO4Si2. The lowest BCUT2D eigenvalue weighted by Crippen LogP contribution is -2.66. The highest BCUT2D eigenvalue weighted by Gasteiger charge is 2.50. The van der Waals surface area contributed by atoms with Crippen molar-refractivity contribution in [2.75, 3.05) is 18.5 Å². The van der Waals surface area contributed by atoms with Crippen molar-refractivity contribution >= 4 is 48.9 Å². The summed E-state index contributed by atoms with van der Waals surface area (Å²) in [6.07, 6.45) is 1.65. The zero-order chi connectivity index (χ0) is 29.5. The molecule has 2 atom stereocenters. The third-order valence-electron chi connectivity index (χ3n) is 7.83. The Morgan fingerprint density at radius 3 is 1.77 bits per heavy atom. The third-order valence-corrected chi connectivity index (χ3v) is 17.8. The number of alkyl halides is 1. The molecule has 0 aliphatic rings. The lowest BCUT2D eigenvalue weighted by Gasteiger charge is -2.43. The maximum Gasteiger partial charge on any atom is 0.317 e. The molecule has 0 aliphatic carbocycles. The molecule has 7 heteroatoms. The summed E-state index contributed by atoms with van der Waals surface area (Å²) in [4.78, 5) is 12.3. The van der Waals surface area contributed by atoms with Gasteiger partial charge >= 0.3 is 5.97 Å². The van der Waals surface area contributed by atoms with E-state index in [9.17, 15) is 4.79 Å². The standard InChI is InChI=1S/C32H49BrO4Si2/c1-25(21-29(37-30(34)22-33)26(2)24-35-38(9,10)31(3,4)5)23-36-39(32(6,7)8,27-17-13-11-14-18-27)28-19-15-12-16-20-28/h11-21,26,29H,22-24H2,1-10H3/b25-21+/t26-,29-/m1/s1. The van der Waals surface area contributed by atoms with E-state index < -0.39 is 22.7 Å². The Kier molecular flexibility index (Phi) is 12.0. The van der Waals surface area contributed by atoms with Crippen molar-refractivity contribution < 1.29 is 18.4 Å². The first kappa shape index (κ1) is 33.7. The minimum atomic E-state index is -2.67. The summed E-state index contributed by atoms with van der Waals surface area (Å²) in [7, 11) is -4.59. The van der Waals surface area contributed by atoms with E-state index >= 15 is 0 Å². The molecular weight excluding hydrogens is 584 g/mol. The lowest BCUT2D eigenvalue weighted by atomic mass is 10.0. The van der Waals surface area contributed by atoms with Crippen LogP contribution in [0.2, 0.25) is 23.2 Å². The van der Waals surface area contributed by atoms with Crippen molar-refractivity contribution in [2.45, 2.75) is 84.7 Å².